The minimum atomic E-state index is -3.08. The van der Waals surface area contributed by atoms with Crippen LogP contribution < -0.4 is 9.83 Å². The maximum absolute atomic E-state index is 6.57. The van der Waals surface area contributed by atoms with Crippen molar-refractivity contribution in [2.24, 2.45) is 11.8 Å². The zero-order chi connectivity index (χ0) is 23.1. The van der Waals surface area contributed by atoms with Gasteiger partial charge in [0, 0.05) is 0 Å². The van der Waals surface area contributed by atoms with Crippen molar-refractivity contribution in [1.82, 2.24) is 0 Å². The van der Waals surface area contributed by atoms with Crippen LogP contribution in [0, 0.1) is 11.8 Å². The van der Waals surface area contributed by atoms with Gasteiger partial charge in [-0.25, -0.2) is 0 Å². The second-order valence-corrected chi connectivity index (χ2v) is 12.0. The van der Waals surface area contributed by atoms with Crippen LogP contribution in [-0.4, -0.2) is 13.2 Å². The Hall–Kier alpha value is -1.41. The zero-order valence-corrected chi connectivity index (χ0v) is 21.7. The maximum atomic E-state index is 6.57. The summed E-state index contributed by atoms with van der Waals surface area (Å²) in [6.45, 7) is 10.5. The van der Waals surface area contributed by atoms with Gasteiger partial charge in [0.05, 0.1) is 0 Å². The predicted octanol–water partition coefficient (Wildman–Crippen LogP) is 8.35. The van der Waals surface area contributed by atoms with E-state index in [-0.39, 0.29) is 0 Å². The van der Waals surface area contributed by atoms with Crippen molar-refractivity contribution in [3.05, 3.63) is 60.7 Å². The molecule has 2 rings (SSSR count). The number of rotatable bonds is 17. The Bertz CT molecular complexity index is 683. The van der Waals surface area contributed by atoms with E-state index in [0.29, 0.717) is 13.2 Å². The van der Waals surface area contributed by atoms with E-state index >= 15 is 0 Å². The van der Waals surface area contributed by atoms with Crippen LogP contribution in [-0.2, 0) is 9.05 Å². The average molecular weight is 461 g/mol. The van der Waals surface area contributed by atoms with Gasteiger partial charge in [0.2, 0.25) is 0 Å². The molecule has 4 heteroatoms. The standard InChI is InChI=1S/C28H45O3P/c1-25(2)17-9-7-15-23-29-32(28-21-13-6-14-22-28,31-27-19-11-5-12-20-27)30-24-16-8-10-18-26(3)4/h5-6,11-14,19-22,25-26,32H,7-10,15-18,23-24H2,1-4H3. The second-order valence-electron chi connectivity index (χ2n) is 9.52. The molecule has 0 aliphatic carbocycles. The number of hydrogen-bond acceptors (Lipinski definition) is 3. The molecule has 0 aliphatic rings. The van der Waals surface area contributed by atoms with Crippen LogP contribution in [0.1, 0.15) is 79.1 Å². The first-order valence-electron chi connectivity index (χ1n) is 12.6. The average Bonchev–Trinajstić information content (AvgIpc) is 2.79. The van der Waals surface area contributed by atoms with Gasteiger partial charge in [-0.3, -0.25) is 0 Å². The molecule has 0 saturated carbocycles. The van der Waals surface area contributed by atoms with E-state index in [1.165, 1.54) is 38.5 Å². The Morgan fingerprint density at radius 2 is 1.06 bits per heavy atom. The molecule has 0 N–H and O–H groups in total. The SMILES string of the molecule is CC(C)CCCCCO[PH](OCCCCCC(C)C)(Oc1ccccc1)c1ccccc1. The van der Waals surface area contributed by atoms with Crippen LogP contribution in [0.3, 0.4) is 0 Å². The first-order chi connectivity index (χ1) is 15.5. The topological polar surface area (TPSA) is 27.7 Å². The molecule has 0 saturated heterocycles. The van der Waals surface area contributed by atoms with Crippen LogP contribution >= 0.6 is 7.94 Å². The molecule has 0 bridgehead atoms. The molecule has 2 aromatic rings. The van der Waals surface area contributed by atoms with Gasteiger partial charge in [0.15, 0.2) is 0 Å². The molecule has 0 atom stereocenters. The van der Waals surface area contributed by atoms with Gasteiger partial charge in [0.25, 0.3) is 0 Å². The first kappa shape index (κ1) is 26.8. The molecule has 32 heavy (non-hydrogen) atoms. The summed E-state index contributed by atoms with van der Waals surface area (Å²) in [6.07, 6.45) is 9.46. The first-order valence-corrected chi connectivity index (χ1v) is 14.3. The van der Waals surface area contributed by atoms with E-state index in [4.69, 9.17) is 13.6 Å². The van der Waals surface area contributed by atoms with Crippen molar-refractivity contribution in [1.29, 1.82) is 0 Å². The number of hydrogen-bond donors (Lipinski definition) is 0. The van der Waals surface area contributed by atoms with Crippen LogP contribution in [0.5, 0.6) is 5.75 Å². The molecule has 0 fully saturated rings. The van der Waals surface area contributed by atoms with Gasteiger partial charge < -0.3 is 0 Å². The molecule has 0 heterocycles. The van der Waals surface area contributed by atoms with E-state index in [2.05, 4.69) is 39.8 Å². The summed E-state index contributed by atoms with van der Waals surface area (Å²) in [5.41, 5.74) is 0. The van der Waals surface area contributed by atoms with Crippen molar-refractivity contribution in [3.8, 4) is 5.75 Å². The van der Waals surface area contributed by atoms with E-state index in [9.17, 15) is 0 Å². The summed E-state index contributed by atoms with van der Waals surface area (Å²) in [6, 6.07) is 20.3. The summed E-state index contributed by atoms with van der Waals surface area (Å²) in [5.74, 6) is 2.32. The van der Waals surface area contributed by atoms with Crippen molar-refractivity contribution in [2.75, 3.05) is 13.2 Å². The minimum absolute atomic E-state index is 0.666. The van der Waals surface area contributed by atoms with E-state index in [1.54, 1.807) is 0 Å². The summed E-state index contributed by atoms with van der Waals surface area (Å²) in [4.78, 5) is 0. The Kier molecular flexibility index (Phi) is 12.9. The quantitative estimate of drug-likeness (QED) is 0.175. The fourth-order valence-electron chi connectivity index (χ4n) is 3.69. The van der Waals surface area contributed by atoms with Crippen molar-refractivity contribution in [2.45, 2.75) is 79.1 Å². The Morgan fingerprint density at radius 1 is 0.594 bits per heavy atom. The van der Waals surface area contributed by atoms with Crippen molar-refractivity contribution >= 4 is 13.2 Å². The molecule has 0 aromatic heterocycles. The third-order valence-corrected chi connectivity index (χ3v) is 8.27. The molecular formula is C28H45O3P. The molecule has 0 unspecified atom stereocenters. The molecule has 0 radical (unpaired) electrons. The van der Waals surface area contributed by atoms with E-state index < -0.39 is 7.94 Å². The summed E-state index contributed by atoms with van der Waals surface area (Å²) in [5, 5.41) is 1.04. The van der Waals surface area contributed by atoms with Gasteiger partial charge >= 0.3 is 197 Å². The fraction of sp³-hybridized carbons (Fsp3) is 0.571. The van der Waals surface area contributed by atoms with Crippen LogP contribution in [0.4, 0.5) is 0 Å². The Balaban J connectivity index is 2.07. The number of unbranched alkanes of at least 4 members (excludes halogenated alkanes) is 4. The van der Waals surface area contributed by atoms with Crippen LogP contribution in [0.15, 0.2) is 60.7 Å². The fourth-order valence-corrected chi connectivity index (χ4v) is 6.21. The van der Waals surface area contributed by atoms with Gasteiger partial charge in [-0.1, -0.05) is 0 Å². The van der Waals surface area contributed by atoms with Crippen molar-refractivity contribution in [3.63, 3.8) is 0 Å². The Morgan fingerprint density at radius 3 is 1.53 bits per heavy atom. The number of para-hydroxylation sites is 1. The Labute approximate surface area is 197 Å². The monoisotopic (exact) mass is 460 g/mol. The molecule has 0 amide bonds. The van der Waals surface area contributed by atoms with Crippen LogP contribution in [0.2, 0.25) is 0 Å². The normalized spacial score (nSPS) is 12.4. The second kappa shape index (κ2) is 15.4. The molecule has 2 aromatic carbocycles. The third-order valence-electron chi connectivity index (χ3n) is 5.56. The van der Waals surface area contributed by atoms with Gasteiger partial charge in [-0.05, 0) is 0 Å². The third kappa shape index (κ3) is 10.5. The molecule has 0 aliphatic heterocycles. The molecule has 180 valence electrons. The molecule has 0 spiro atoms. The van der Waals surface area contributed by atoms with E-state index in [1.807, 2.05) is 48.5 Å². The number of benzene rings is 2. The van der Waals surface area contributed by atoms with Crippen LogP contribution in [0.25, 0.3) is 0 Å². The summed E-state index contributed by atoms with van der Waals surface area (Å²) >= 11 is 0. The zero-order valence-electron chi connectivity index (χ0n) is 20.7. The van der Waals surface area contributed by atoms with Gasteiger partial charge in [0.1, 0.15) is 0 Å². The van der Waals surface area contributed by atoms with Gasteiger partial charge in [-0.15, -0.1) is 0 Å². The van der Waals surface area contributed by atoms with Gasteiger partial charge in [-0.2, -0.15) is 0 Å². The molecule has 3 nitrogen and oxygen atoms in total. The summed E-state index contributed by atoms with van der Waals surface area (Å²) < 4.78 is 19.7. The van der Waals surface area contributed by atoms with E-state index in [0.717, 1.165) is 35.7 Å². The predicted molar refractivity (Wildman–Crippen MR) is 140 cm³/mol. The van der Waals surface area contributed by atoms with Crippen molar-refractivity contribution < 1.29 is 13.6 Å². The summed E-state index contributed by atoms with van der Waals surface area (Å²) in [7, 11) is -3.08. The molecular weight excluding hydrogens is 415 g/mol.